The molecule has 0 amide bonds. The van der Waals surface area contributed by atoms with Crippen molar-refractivity contribution < 1.29 is 21.6 Å². The van der Waals surface area contributed by atoms with Gasteiger partial charge >= 0.3 is 0 Å². The molecule has 0 atom stereocenters. The van der Waals surface area contributed by atoms with Crippen molar-refractivity contribution in [3.05, 3.63) is 47.8 Å². The Morgan fingerprint density at radius 2 is 1.67 bits per heavy atom. The molecule has 2 aromatic rings. The molecule has 2 aromatic carbocycles. The molecule has 0 saturated carbocycles. The first-order chi connectivity index (χ1) is 9.68. The van der Waals surface area contributed by atoms with Crippen molar-refractivity contribution in [3.63, 3.8) is 0 Å². The minimum absolute atomic E-state index is 0.0482. The summed E-state index contributed by atoms with van der Waals surface area (Å²) in [7, 11) is -4.01. The number of primary sulfonamides is 1. The highest BCUT2D eigenvalue weighted by molar-refractivity contribution is 7.89. The molecule has 0 heterocycles. The molecule has 0 aliphatic carbocycles. The minimum atomic E-state index is -4.01. The van der Waals surface area contributed by atoms with Gasteiger partial charge in [-0.25, -0.2) is 26.7 Å². The van der Waals surface area contributed by atoms with E-state index in [2.05, 4.69) is 5.32 Å². The first kappa shape index (κ1) is 15.1. The van der Waals surface area contributed by atoms with Gasteiger partial charge in [-0.15, -0.1) is 0 Å². The van der Waals surface area contributed by atoms with Gasteiger partial charge < -0.3 is 11.1 Å². The highest BCUT2D eigenvalue weighted by Gasteiger charge is 2.15. The zero-order chi connectivity index (χ0) is 15.8. The lowest BCUT2D eigenvalue weighted by Crippen LogP contribution is -2.13. The summed E-state index contributed by atoms with van der Waals surface area (Å²) in [6, 6.07) is 5.19. The molecule has 0 radical (unpaired) electrons. The van der Waals surface area contributed by atoms with Crippen LogP contribution in [0, 0.1) is 17.5 Å². The van der Waals surface area contributed by atoms with Gasteiger partial charge in [0.2, 0.25) is 10.0 Å². The Morgan fingerprint density at radius 1 is 1.00 bits per heavy atom. The van der Waals surface area contributed by atoms with Crippen molar-refractivity contribution in [2.45, 2.75) is 4.90 Å². The summed E-state index contributed by atoms with van der Waals surface area (Å²) >= 11 is 0. The summed E-state index contributed by atoms with van der Waals surface area (Å²) in [5, 5.41) is 7.38. The van der Waals surface area contributed by atoms with Crippen molar-refractivity contribution in [2.75, 3.05) is 11.1 Å². The van der Waals surface area contributed by atoms with E-state index in [1.807, 2.05) is 0 Å². The summed E-state index contributed by atoms with van der Waals surface area (Å²) < 4.78 is 62.0. The fraction of sp³-hybridized carbons (Fsp3) is 0. The lowest BCUT2D eigenvalue weighted by atomic mass is 10.2. The van der Waals surface area contributed by atoms with Crippen LogP contribution in [0.2, 0.25) is 0 Å². The lowest BCUT2D eigenvalue weighted by Gasteiger charge is -2.10. The van der Waals surface area contributed by atoms with Crippen LogP contribution in [0.15, 0.2) is 35.2 Å². The van der Waals surface area contributed by atoms with Crippen LogP contribution in [0.3, 0.4) is 0 Å². The number of benzene rings is 2. The molecule has 0 bridgehead atoms. The quantitative estimate of drug-likeness (QED) is 0.596. The van der Waals surface area contributed by atoms with Crippen LogP contribution in [-0.2, 0) is 10.0 Å². The number of halogens is 3. The average Bonchev–Trinajstić information content (AvgIpc) is 2.38. The summed E-state index contributed by atoms with van der Waals surface area (Å²) in [5.41, 5.74) is 5.25. The van der Waals surface area contributed by atoms with Crippen LogP contribution in [0.25, 0.3) is 0 Å². The van der Waals surface area contributed by atoms with Crippen molar-refractivity contribution in [2.24, 2.45) is 5.14 Å². The summed E-state index contributed by atoms with van der Waals surface area (Å²) in [6.45, 7) is 0. The predicted molar refractivity (Wildman–Crippen MR) is 71.8 cm³/mol. The standard InChI is InChI=1S/C12H10F3N3O2S/c13-9-1-2-10(12(15)11(9)14)18-7-3-6(16)4-8(5-7)21(17,19)20/h1-5,18H,16H2,(H2,17,19,20). The van der Waals surface area contributed by atoms with Gasteiger partial charge in [-0.2, -0.15) is 0 Å². The molecule has 0 unspecified atom stereocenters. The number of sulfonamides is 1. The van der Waals surface area contributed by atoms with E-state index in [1.165, 1.54) is 6.07 Å². The lowest BCUT2D eigenvalue weighted by molar-refractivity contribution is 0.449. The molecule has 0 fully saturated rings. The van der Waals surface area contributed by atoms with Crippen LogP contribution in [0.4, 0.5) is 30.2 Å². The van der Waals surface area contributed by atoms with Gasteiger partial charge in [0, 0.05) is 11.4 Å². The molecular formula is C12H10F3N3O2S. The maximum Gasteiger partial charge on any atom is 0.238 e. The molecule has 0 aliphatic heterocycles. The first-order valence-electron chi connectivity index (χ1n) is 5.52. The topological polar surface area (TPSA) is 98.2 Å². The van der Waals surface area contributed by atoms with Crippen LogP contribution >= 0.6 is 0 Å². The highest BCUT2D eigenvalue weighted by Crippen LogP contribution is 2.26. The van der Waals surface area contributed by atoms with Crippen LogP contribution in [0.1, 0.15) is 0 Å². The number of nitrogens with two attached hydrogens (primary N) is 2. The van der Waals surface area contributed by atoms with E-state index >= 15 is 0 Å². The molecule has 0 aliphatic rings. The van der Waals surface area contributed by atoms with E-state index in [-0.39, 0.29) is 22.0 Å². The van der Waals surface area contributed by atoms with E-state index in [4.69, 9.17) is 10.9 Å². The smallest absolute Gasteiger partial charge is 0.238 e. The molecule has 5 N–H and O–H groups in total. The molecule has 0 saturated heterocycles. The maximum atomic E-state index is 13.5. The van der Waals surface area contributed by atoms with Gasteiger partial charge in [-0.3, -0.25) is 0 Å². The third-order valence-electron chi connectivity index (χ3n) is 2.57. The first-order valence-corrected chi connectivity index (χ1v) is 7.07. The molecule has 0 spiro atoms. The summed E-state index contributed by atoms with van der Waals surface area (Å²) in [6.07, 6.45) is 0. The SMILES string of the molecule is Nc1cc(Nc2ccc(F)c(F)c2F)cc(S(N)(=O)=O)c1. The van der Waals surface area contributed by atoms with Crippen molar-refractivity contribution in [1.82, 2.24) is 0 Å². The third-order valence-corrected chi connectivity index (χ3v) is 3.46. The van der Waals surface area contributed by atoms with Crippen LogP contribution < -0.4 is 16.2 Å². The fourth-order valence-electron chi connectivity index (χ4n) is 1.64. The molecule has 2 rings (SSSR count). The van der Waals surface area contributed by atoms with Crippen LogP contribution in [0.5, 0.6) is 0 Å². The molecule has 21 heavy (non-hydrogen) atoms. The van der Waals surface area contributed by atoms with Gasteiger partial charge in [0.1, 0.15) is 0 Å². The molecule has 5 nitrogen and oxygen atoms in total. The van der Waals surface area contributed by atoms with E-state index in [9.17, 15) is 21.6 Å². The second-order valence-corrected chi connectivity index (χ2v) is 5.75. The Morgan fingerprint density at radius 3 is 2.29 bits per heavy atom. The molecular weight excluding hydrogens is 307 g/mol. The Hall–Kier alpha value is -2.26. The number of nitrogen functional groups attached to an aromatic ring is 1. The number of anilines is 3. The average molecular weight is 317 g/mol. The third kappa shape index (κ3) is 3.26. The highest BCUT2D eigenvalue weighted by atomic mass is 32.2. The van der Waals surface area contributed by atoms with Gasteiger partial charge in [-0.05, 0) is 30.3 Å². The largest absolute Gasteiger partial charge is 0.399 e. The number of rotatable bonds is 3. The van der Waals surface area contributed by atoms with Crippen LogP contribution in [-0.4, -0.2) is 8.42 Å². The second kappa shape index (κ2) is 5.26. The summed E-state index contributed by atoms with van der Waals surface area (Å²) in [4.78, 5) is -0.298. The van der Waals surface area contributed by atoms with Gasteiger partial charge in [-0.1, -0.05) is 0 Å². The van der Waals surface area contributed by atoms with Gasteiger partial charge in [0.15, 0.2) is 17.5 Å². The molecule has 9 heteroatoms. The molecule has 0 aromatic heterocycles. The number of hydrogen-bond acceptors (Lipinski definition) is 4. The van der Waals surface area contributed by atoms with E-state index < -0.39 is 27.5 Å². The monoisotopic (exact) mass is 317 g/mol. The zero-order valence-corrected chi connectivity index (χ0v) is 11.2. The second-order valence-electron chi connectivity index (χ2n) is 4.18. The number of hydrogen-bond donors (Lipinski definition) is 3. The van der Waals surface area contributed by atoms with E-state index in [1.54, 1.807) is 0 Å². The minimum Gasteiger partial charge on any atom is -0.399 e. The van der Waals surface area contributed by atoms with E-state index in [0.717, 1.165) is 24.3 Å². The van der Waals surface area contributed by atoms with Crippen molar-refractivity contribution >= 4 is 27.1 Å². The van der Waals surface area contributed by atoms with Gasteiger partial charge in [0.25, 0.3) is 0 Å². The maximum absolute atomic E-state index is 13.5. The van der Waals surface area contributed by atoms with E-state index in [0.29, 0.717) is 0 Å². The Labute approximate surface area is 118 Å². The van der Waals surface area contributed by atoms with Crippen molar-refractivity contribution in [1.29, 1.82) is 0 Å². The van der Waals surface area contributed by atoms with Gasteiger partial charge in [0.05, 0.1) is 10.6 Å². The normalized spacial score (nSPS) is 11.4. The fourth-order valence-corrected chi connectivity index (χ4v) is 2.23. The zero-order valence-electron chi connectivity index (χ0n) is 10.4. The van der Waals surface area contributed by atoms with Crippen molar-refractivity contribution in [3.8, 4) is 0 Å². The number of nitrogens with one attached hydrogen (secondary N) is 1. The Kier molecular flexibility index (Phi) is 3.79. The Balaban J connectivity index is 2.46. The molecule has 112 valence electrons. The predicted octanol–water partition coefficient (Wildman–Crippen LogP) is 2.08. The summed E-state index contributed by atoms with van der Waals surface area (Å²) in [5.74, 6) is -4.42. The Bertz CT molecular complexity index is 810.